The molecule has 0 spiro atoms. The van der Waals surface area contributed by atoms with Crippen LogP contribution in [0.1, 0.15) is 29.8 Å². The molecule has 7 heteroatoms. The average molecular weight is 404 g/mol. The highest BCUT2D eigenvalue weighted by Gasteiger charge is 2.30. The Hall–Kier alpha value is -2.73. The lowest BCUT2D eigenvalue weighted by molar-refractivity contribution is -0.126. The molecule has 1 heterocycles. The van der Waals surface area contributed by atoms with Crippen LogP contribution < -0.4 is 14.4 Å². The maximum Gasteiger partial charge on any atom is 0.339 e. The van der Waals surface area contributed by atoms with Gasteiger partial charge in [0, 0.05) is 12.2 Å². The lowest BCUT2D eigenvalue weighted by atomic mass is 10.2. The van der Waals surface area contributed by atoms with E-state index in [2.05, 4.69) is 0 Å². The molecule has 0 bridgehead atoms. The molecule has 28 heavy (non-hydrogen) atoms. The van der Waals surface area contributed by atoms with Crippen LogP contribution in [0.15, 0.2) is 36.4 Å². The number of ether oxygens (including phenoxy) is 3. The van der Waals surface area contributed by atoms with Gasteiger partial charge in [0.25, 0.3) is 5.91 Å². The molecule has 0 unspecified atom stereocenters. The van der Waals surface area contributed by atoms with Gasteiger partial charge in [-0.2, -0.15) is 0 Å². The van der Waals surface area contributed by atoms with Gasteiger partial charge >= 0.3 is 5.97 Å². The number of nitrogens with zero attached hydrogens (tertiary/aromatic N) is 1. The van der Waals surface area contributed by atoms with Crippen LogP contribution in [0.2, 0.25) is 5.02 Å². The highest BCUT2D eigenvalue weighted by atomic mass is 35.5. The second-order valence-electron chi connectivity index (χ2n) is 6.34. The molecule has 2 aromatic carbocycles. The van der Waals surface area contributed by atoms with Crippen LogP contribution in [-0.4, -0.2) is 38.2 Å². The number of hydrogen-bond donors (Lipinski definition) is 0. The average Bonchev–Trinajstić information content (AvgIpc) is 3.12. The Morgan fingerprint density at radius 3 is 2.71 bits per heavy atom. The predicted molar refractivity (Wildman–Crippen MR) is 107 cm³/mol. The molecule has 3 rings (SSSR count). The van der Waals surface area contributed by atoms with E-state index in [0.29, 0.717) is 24.7 Å². The molecule has 6 nitrogen and oxygen atoms in total. The van der Waals surface area contributed by atoms with Crippen molar-refractivity contribution in [1.29, 1.82) is 0 Å². The summed E-state index contributed by atoms with van der Waals surface area (Å²) in [6.45, 7) is 4.36. The summed E-state index contributed by atoms with van der Waals surface area (Å²) in [5.41, 5.74) is 2.16. The summed E-state index contributed by atoms with van der Waals surface area (Å²) in [4.78, 5) is 27.0. The van der Waals surface area contributed by atoms with Crippen molar-refractivity contribution in [2.24, 2.45) is 0 Å². The predicted octanol–water partition coefficient (Wildman–Crippen LogP) is 3.88. The zero-order valence-electron chi connectivity index (χ0n) is 16.0. The van der Waals surface area contributed by atoms with E-state index in [1.165, 1.54) is 19.2 Å². The number of esters is 1. The third-order valence-corrected chi connectivity index (χ3v) is 4.82. The van der Waals surface area contributed by atoms with E-state index in [-0.39, 0.29) is 16.5 Å². The topological polar surface area (TPSA) is 65.1 Å². The Kier molecular flexibility index (Phi) is 6.09. The molecular formula is C21H22ClNO5. The monoisotopic (exact) mass is 403 g/mol. The first kappa shape index (κ1) is 20.0. The number of methoxy groups -OCH3 is 1. The molecule has 1 amide bonds. The maximum absolute atomic E-state index is 12.8. The fourth-order valence-corrected chi connectivity index (χ4v) is 3.45. The van der Waals surface area contributed by atoms with Gasteiger partial charge in [-0.05, 0) is 44.0 Å². The number of halogens is 1. The van der Waals surface area contributed by atoms with Crippen molar-refractivity contribution in [3.05, 3.63) is 52.5 Å². The molecule has 1 atom stereocenters. The number of hydrogen-bond acceptors (Lipinski definition) is 5. The van der Waals surface area contributed by atoms with E-state index in [4.69, 9.17) is 25.8 Å². The first-order chi connectivity index (χ1) is 13.5. The van der Waals surface area contributed by atoms with E-state index in [1.807, 2.05) is 31.2 Å². The third kappa shape index (κ3) is 3.92. The SMILES string of the molecule is CCOc1c(Cl)cc(C(=O)O[C@@H](C)C(=O)N2CCc3ccccc32)cc1OC. The summed E-state index contributed by atoms with van der Waals surface area (Å²) < 4.78 is 16.1. The molecule has 1 aliphatic rings. The Morgan fingerprint density at radius 2 is 2.00 bits per heavy atom. The maximum atomic E-state index is 12.8. The minimum absolute atomic E-state index is 0.187. The van der Waals surface area contributed by atoms with E-state index in [9.17, 15) is 9.59 Å². The van der Waals surface area contributed by atoms with Crippen molar-refractivity contribution < 1.29 is 23.8 Å². The minimum Gasteiger partial charge on any atom is -0.493 e. The highest BCUT2D eigenvalue weighted by molar-refractivity contribution is 6.32. The summed E-state index contributed by atoms with van der Waals surface area (Å²) in [6, 6.07) is 10.6. The normalized spacial score (nSPS) is 13.6. The van der Waals surface area contributed by atoms with Gasteiger partial charge in [-0.15, -0.1) is 0 Å². The summed E-state index contributed by atoms with van der Waals surface area (Å²) in [7, 11) is 1.46. The number of anilines is 1. The highest BCUT2D eigenvalue weighted by Crippen LogP contribution is 2.36. The summed E-state index contributed by atoms with van der Waals surface area (Å²) in [5, 5.41) is 0.237. The van der Waals surface area contributed by atoms with Crippen molar-refractivity contribution in [1.82, 2.24) is 0 Å². The number of amides is 1. The molecule has 0 saturated heterocycles. The zero-order valence-corrected chi connectivity index (χ0v) is 16.8. The molecule has 0 saturated carbocycles. The Bertz CT molecular complexity index is 898. The van der Waals surface area contributed by atoms with E-state index >= 15 is 0 Å². The van der Waals surface area contributed by atoms with E-state index in [0.717, 1.165) is 17.7 Å². The zero-order chi connectivity index (χ0) is 20.3. The largest absolute Gasteiger partial charge is 0.493 e. The van der Waals surface area contributed by atoms with E-state index < -0.39 is 12.1 Å². The van der Waals surface area contributed by atoms with Crippen LogP contribution >= 0.6 is 11.6 Å². The van der Waals surface area contributed by atoms with Crippen molar-refractivity contribution in [3.63, 3.8) is 0 Å². The van der Waals surface area contributed by atoms with Gasteiger partial charge in [0.1, 0.15) is 0 Å². The van der Waals surface area contributed by atoms with Gasteiger partial charge in [0.15, 0.2) is 17.6 Å². The molecule has 1 aliphatic heterocycles. The quantitative estimate of drug-likeness (QED) is 0.685. The van der Waals surface area contributed by atoms with Crippen LogP contribution in [0.5, 0.6) is 11.5 Å². The van der Waals surface area contributed by atoms with E-state index in [1.54, 1.807) is 11.8 Å². The first-order valence-electron chi connectivity index (χ1n) is 9.06. The Labute approximate surface area is 168 Å². The standard InChI is InChI=1S/C21H22ClNO5/c1-4-27-19-16(22)11-15(12-18(19)26-3)21(25)28-13(2)20(24)23-10-9-14-7-5-6-8-17(14)23/h5-8,11-13H,4,9-10H2,1-3H3/t13-/m0/s1. The van der Waals surface area contributed by atoms with Crippen LogP contribution in [0.4, 0.5) is 5.69 Å². The fraction of sp³-hybridized carbons (Fsp3) is 0.333. The number of fused-ring (bicyclic) bond motifs is 1. The van der Waals surface area contributed by atoms with Crippen molar-refractivity contribution in [3.8, 4) is 11.5 Å². The third-order valence-electron chi connectivity index (χ3n) is 4.54. The minimum atomic E-state index is -0.935. The van der Waals surface area contributed by atoms with Crippen LogP contribution in [0.3, 0.4) is 0 Å². The molecule has 0 aliphatic carbocycles. The first-order valence-corrected chi connectivity index (χ1v) is 9.44. The van der Waals surface area contributed by atoms with Gasteiger partial charge in [-0.25, -0.2) is 4.79 Å². The molecule has 0 radical (unpaired) electrons. The summed E-state index contributed by atoms with van der Waals surface area (Å²) in [6.07, 6.45) is -0.149. The number of rotatable bonds is 6. The van der Waals surface area contributed by atoms with Crippen molar-refractivity contribution in [2.45, 2.75) is 26.4 Å². The molecular weight excluding hydrogens is 382 g/mol. The summed E-state index contributed by atoms with van der Waals surface area (Å²) >= 11 is 6.21. The van der Waals surface area contributed by atoms with Gasteiger partial charge in [0.2, 0.25) is 0 Å². The molecule has 0 N–H and O–H groups in total. The fourth-order valence-electron chi connectivity index (χ4n) is 3.19. The Morgan fingerprint density at radius 1 is 1.25 bits per heavy atom. The van der Waals surface area contributed by atoms with Gasteiger partial charge in [0.05, 0.1) is 24.3 Å². The lowest BCUT2D eigenvalue weighted by Crippen LogP contribution is -2.39. The van der Waals surface area contributed by atoms with Crippen LogP contribution in [0.25, 0.3) is 0 Å². The van der Waals surface area contributed by atoms with Crippen LogP contribution in [0, 0.1) is 0 Å². The molecule has 148 valence electrons. The van der Waals surface area contributed by atoms with Gasteiger partial charge < -0.3 is 19.1 Å². The van der Waals surface area contributed by atoms with Gasteiger partial charge in [-0.3, -0.25) is 4.79 Å². The summed E-state index contributed by atoms with van der Waals surface area (Å²) in [5.74, 6) is -0.228. The second kappa shape index (κ2) is 8.52. The van der Waals surface area contributed by atoms with Crippen molar-refractivity contribution in [2.75, 3.05) is 25.2 Å². The second-order valence-corrected chi connectivity index (χ2v) is 6.75. The Balaban J connectivity index is 1.74. The van der Waals surface area contributed by atoms with Crippen LogP contribution in [-0.2, 0) is 16.0 Å². The molecule has 2 aromatic rings. The lowest BCUT2D eigenvalue weighted by Gasteiger charge is -2.22. The number of carbonyl (C=O) groups is 2. The molecule has 0 aromatic heterocycles. The number of carbonyl (C=O) groups excluding carboxylic acids is 2. The number of benzene rings is 2. The van der Waals surface area contributed by atoms with Gasteiger partial charge in [-0.1, -0.05) is 29.8 Å². The number of para-hydroxylation sites is 1. The molecule has 0 fully saturated rings. The van der Waals surface area contributed by atoms with Crippen molar-refractivity contribution >= 4 is 29.2 Å². The smallest absolute Gasteiger partial charge is 0.339 e.